The summed E-state index contributed by atoms with van der Waals surface area (Å²) in [6.45, 7) is 1.87. The molecule has 3 aromatic rings. The largest absolute Gasteiger partial charge is 0.496 e. The number of H-pyrrole nitrogens is 1. The Balaban J connectivity index is 1.88. The lowest BCUT2D eigenvalue weighted by Gasteiger charge is -2.18. The van der Waals surface area contributed by atoms with Gasteiger partial charge >= 0.3 is 0 Å². The fourth-order valence-corrected chi connectivity index (χ4v) is 6.10. The lowest BCUT2D eigenvalue weighted by Crippen LogP contribution is -2.34. The number of amides is 1. The van der Waals surface area contributed by atoms with Crippen LogP contribution in [0.25, 0.3) is 10.9 Å². The number of hydrogen-bond acceptors (Lipinski definition) is 5. The average Bonchev–Trinajstić information content (AvgIpc) is 3.25. The standard InChI is InChI=1S/C19H19N3O4S/c1-11-6-7-15(26-2)13(8-11)19(18(20)23)9-17(19)27(24,25)16-5-3-4-14-12(16)10-21-22-14/h3-8,10,17H,9H2,1-2H3,(H2,20,23)(H,21,22). The summed E-state index contributed by atoms with van der Waals surface area (Å²) in [5.41, 5.74) is 6.45. The predicted molar refractivity (Wildman–Crippen MR) is 100 cm³/mol. The van der Waals surface area contributed by atoms with E-state index in [1.165, 1.54) is 19.4 Å². The number of nitrogens with one attached hydrogen (secondary N) is 1. The number of nitrogens with zero attached hydrogens (tertiary/aromatic N) is 1. The van der Waals surface area contributed by atoms with Crippen LogP contribution in [0.1, 0.15) is 17.5 Å². The number of hydrogen-bond donors (Lipinski definition) is 2. The van der Waals surface area contributed by atoms with Gasteiger partial charge in [-0.1, -0.05) is 23.8 Å². The molecule has 2 unspecified atom stereocenters. The molecule has 8 heteroatoms. The topological polar surface area (TPSA) is 115 Å². The molecule has 1 aromatic heterocycles. The lowest BCUT2D eigenvalue weighted by molar-refractivity contribution is -0.120. The smallest absolute Gasteiger partial charge is 0.229 e. The zero-order chi connectivity index (χ0) is 19.4. The summed E-state index contributed by atoms with van der Waals surface area (Å²) in [7, 11) is -2.33. The van der Waals surface area contributed by atoms with Gasteiger partial charge in [0.15, 0.2) is 9.84 Å². The second-order valence-corrected chi connectivity index (χ2v) is 8.96. The van der Waals surface area contributed by atoms with Gasteiger partial charge in [0.1, 0.15) is 5.75 Å². The van der Waals surface area contributed by atoms with Gasteiger partial charge in [-0.2, -0.15) is 5.10 Å². The average molecular weight is 385 g/mol. The van der Waals surface area contributed by atoms with Gasteiger partial charge in [0.05, 0.1) is 34.4 Å². The van der Waals surface area contributed by atoms with Crippen LogP contribution in [0, 0.1) is 6.92 Å². The Morgan fingerprint density at radius 1 is 1.33 bits per heavy atom. The fourth-order valence-electron chi connectivity index (χ4n) is 3.80. The monoisotopic (exact) mass is 385 g/mol. The third-order valence-electron chi connectivity index (χ3n) is 5.30. The van der Waals surface area contributed by atoms with Crippen LogP contribution in [0.2, 0.25) is 0 Å². The van der Waals surface area contributed by atoms with Crippen LogP contribution in [0.5, 0.6) is 5.75 Å². The number of primary amides is 1. The Morgan fingerprint density at radius 2 is 2.11 bits per heavy atom. The molecule has 0 aliphatic heterocycles. The van der Waals surface area contributed by atoms with E-state index in [1.54, 1.807) is 24.3 Å². The first-order valence-electron chi connectivity index (χ1n) is 8.43. The molecule has 1 aliphatic carbocycles. The van der Waals surface area contributed by atoms with Crippen LogP contribution in [0.15, 0.2) is 47.5 Å². The highest BCUT2D eigenvalue weighted by molar-refractivity contribution is 7.92. The maximum atomic E-state index is 13.4. The second-order valence-electron chi connectivity index (χ2n) is 6.86. The quantitative estimate of drug-likeness (QED) is 0.695. The van der Waals surface area contributed by atoms with Gasteiger partial charge < -0.3 is 10.5 Å². The third-order valence-corrected chi connectivity index (χ3v) is 7.59. The molecule has 27 heavy (non-hydrogen) atoms. The van der Waals surface area contributed by atoms with Crippen LogP contribution in [0.4, 0.5) is 0 Å². The molecule has 1 aliphatic rings. The Morgan fingerprint density at radius 3 is 2.81 bits per heavy atom. The van der Waals surface area contributed by atoms with Crippen LogP contribution < -0.4 is 10.5 Å². The van der Waals surface area contributed by atoms with Crippen molar-refractivity contribution in [1.29, 1.82) is 0 Å². The Labute approximate surface area is 156 Å². The number of aryl methyl sites for hydroxylation is 1. The van der Waals surface area contributed by atoms with Crippen molar-refractivity contribution in [2.24, 2.45) is 5.73 Å². The highest BCUT2D eigenvalue weighted by atomic mass is 32.2. The normalized spacial score (nSPS) is 21.9. The minimum Gasteiger partial charge on any atom is -0.496 e. The summed E-state index contributed by atoms with van der Waals surface area (Å²) in [6.07, 6.45) is 1.60. The molecule has 4 rings (SSSR count). The number of carbonyl (C=O) groups is 1. The van der Waals surface area contributed by atoms with E-state index in [-0.39, 0.29) is 11.3 Å². The number of aromatic amines is 1. The molecule has 2 atom stereocenters. The summed E-state index contributed by atoms with van der Waals surface area (Å²) >= 11 is 0. The van der Waals surface area contributed by atoms with Gasteiger partial charge in [0, 0.05) is 10.9 Å². The van der Waals surface area contributed by atoms with Crippen molar-refractivity contribution in [2.75, 3.05) is 7.11 Å². The van der Waals surface area contributed by atoms with Gasteiger partial charge in [-0.25, -0.2) is 8.42 Å². The molecule has 1 heterocycles. The van der Waals surface area contributed by atoms with Crippen LogP contribution in [0.3, 0.4) is 0 Å². The minimum atomic E-state index is -3.82. The highest BCUT2D eigenvalue weighted by Crippen LogP contribution is 2.56. The van der Waals surface area contributed by atoms with E-state index >= 15 is 0 Å². The number of nitrogens with two attached hydrogens (primary N) is 1. The highest BCUT2D eigenvalue weighted by Gasteiger charge is 2.67. The van der Waals surface area contributed by atoms with Crippen molar-refractivity contribution in [3.05, 3.63) is 53.7 Å². The first kappa shape index (κ1) is 17.5. The van der Waals surface area contributed by atoms with Crippen molar-refractivity contribution in [2.45, 2.75) is 28.9 Å². The number of benzene rings is 2. The Hall–Kier alpha value is -2.87. The van der Waals surface area contributed by atoms with Crippen molar-refractivity contribution >= 4 is 26.6 Å². The number of fused-ring (bicyclic) bond motifs is 1. The Kier molecular flexibility index (Phi) is 3.78. The van der Waals surface area contributed by atoms with Crippen LogP contribution in [-0.2, 0) is 20.0 Å². The third kappa shape index (κ3) is 2.43. The number of methoxy groups -OCH3 is 1. The molecule has 0 spiro atoms. The first-order valence-corrected chi connectivity index (χ1v) is 9.98. The lowest BCUT2D eigenvalue weighted by atomic mass is 9.93. The minimum absolute atomic E-state index is 0.124. The van der Waals surface area contributed by atoms with Crippen molar-refractivity contribution in [1.82, 2.24) is 10.2 Å². The molecule has 7 nitrogen and oxygen atoms in total. The van der Waals surface area contributed by atoms with E-state index < -0.39 is 26.4 Å². The Bertz CT molecular complexity index is 1170. The van der Waals surface area contributed by atoms with E-state index in [4.69, 9.17) is 10.5 Å². The predicted octanol–water partition coefficient (Wildman–Crippen LogP) is 1.85. The number of aromatic nitrogens is 2. The SMILES string of the molecule is COc1ccc(C)cc1C1(C(N)=O)CC1S(=O)(=O)c1cccc2[nH]ncc12. The van der Waals surface area contributed by atoms with Gasteiger partial charge in [-0.05, 0) is 31.5 Å². The summed E-state index contributed by atoms with van der Waals surface area (Å²) < 4.78 is 32.2. The molecule has 2 aromatic carbocycles. The maximum Gasteiger partial charge on any atom is 0.229 e. The molecule has 0 radical (unpaired) electrons. The molecule has 1 amide bonds. The molecule has 3 N–H and O–H groups in total. The molecule has 140 valence electrons. The van der Waals surface area contributed by atoms with E-state index in [0.717, 1.165) is 5.56 Å². The number of rotatable bonds is 5. The van der Waals surface area contributed by atoms with Gasteiger partial charge in [-0.15, -0.1) is 0 Å². The first-order chi connectivity index (χ1) is 12.8. The van der Waals surface area contributed by atoms with Crippen molar-refractivity contribution < 1.29 is 17.9 Å². The van der Waals surface area contributed by atoms with E-state index in [1.807, 2.05) is 13.0 Å². The van der Waals surface area contributed by atoms with Gasteiger partial charge in [0.25, 0.3) is 0 Å². The molecular formula is C19H19N3O4S. The fraction of sp³-hybridized carbons (Fsp3) is 0.263. The molecular weight excluding hydrogens is 366 g/mol. The summed E-state index contributed by atoms with van der Waals surface area (Å²) in [4.78, 5) is 12.6. The molecule has 0 saturated heterocycles. The summed E-state index contributed by atoms with van der Waals surface area (Å²) in [6, 6.07) is 10.3. The van der Waals surface area contributed by atoms with Crippen LogP contribution in [-0.4, -0.2) is 36.9 Å². The van der Waals surface area contributed by atoms with E-state index in [0.29, 0.717) is 22.2 Å². The van der Waals surface area contributed by atoms with Crippen LogP contribution >= 0.6 is 0 Å². The number of carbonyl (C=O) groups excluding carboxylic acids is 1. The zero-order valence-electron chi connectivity index (χ0n) is 14.9. The molecule has 1 saturated carbocycles. The molecule has 1 fully saturated rings. The number of ether oxygens (including phenoxy) is 1. The van der Waals surface area contributed by atoms with E-state index in [9.17, 15) is 13.2 Å². The van der Waals surface area contributed by atoms with Gasteiger partial charge in [0.2, 0.25) is 5.91 Å². The van der Waals surface area contributed by atoms with E-state index in [2.05, 4.69) is 10.2 Å². The van der Waals surface area contributed by atoms with Crippen molar-refractivity contribution in [3.8, 4) is 5.75 Å². The summed E-state index contributed by atoms with van der Waals surface area (Å²) in [5.74, 6) is -0.210. The van der Waals surface area contributed by atoms with Gasteiger partial charge in [-0.3, -0.25) is 9.89 Å². The van der Waals surface area contributed by atoms with Crippen molar-refractivity contribution in [3.63, 3.8) is 0 Å². The second kappa shape index (κ2) is 5.82. The molecule has 0 bridgehead atoms. The summed E-state index contributed by atoms with van der Waals surface area (Å²) in [5, 5.41) is 6.24. The number of sulfone groups is 1. The maximum absolute atomic E-state index is 13.4. The zero-order valence-corrected chi connectivity index (χ0v) is 15.7.